The highest BCUT2D eigenvalue weighted by atomic mass is 14.2. The lowest BCUT2D eigenvalue weighted by Crippen LogP contribution is -2.07. The zero-order valence-electron chi connectivity index (χ0n) is 9.39. The Bertz CT molecular complexity index is 363. The van der Waals surface area contributed by atoms with Crippen LogP contribution in [0.1, 0.15) is 54.4 Å². The summed E-state index contributed by atoms with van der Waals surface area (Å²) in [5, 5.41) is 0. The van der Waals surface area contributed by atoms with Crippen molar-refractivity contribution in [2.24, 2.45) is 0 Å². The maximum absolute atomic E-state index is 2.49. The Kier molecular flexibility index (Phi) is 2.52. The first kappa shape index (κ1) is 9.45. The molecule has 0 bridgehead atoms. The van der Waals surface area contributed by atoms with Crippen molar-refractivity contribution in [1.29, 1.82) is 0 Å². The van der Waals surface area contributed by atoms with Gasteiger partial charge in [0.05, 0.1) is 0 Å². The Morgan fingerprint density at radius 1 is 0.733 bits per heavy atom. The molecule has 0 nitrogen and oxygen atoms in total. The molecule has 0 spiro atoms. The Hall–Kier alpha value is -0.780. The fourth-order valence-electron chi connectivity index (χ4n) is 3.09. The van der Waals surface area contributed by atoms with E-state index in [4.69, 9.17) is 0 Å². The minimum absolute atomic E-state index is 1.30. The zero-order chi connectivity index (χ0) is 10.1. The van der Waals surface area contributed by atoms with Crippen LogP contribution in [0.5, 0.6) is 0 Å². The lowest BCUT2D eigenvalue weighted by atomic mass is 9.84. The predicted molar refractivity (Wildman–Crippen MR) is 64.0 cm³/mol. The van der Waals surface area contributed by atoms with Crippen LogP contribution in [-0.2, 0) is 19.3 Å². The summed E-state index contributed by atoms with van der Waals surface area (Å²) in [5.41, 5.74) is 6.58. The summed E-state index contributed by atoms with van der Waals surface area (Å²) in [6.07, 6.45) is 13.3. The van der Waals surface area contributed by atoms with Crippen molar-refractivity contribution in [3.8, 4) is 0 Å². The van der Waals surface area contributed by atoms with Gasteiger partial charge in [-0.3, -0.25) is 0 Å². The molecule has 0 N–H and O–H groups in total. The first-order chi connectivity index (χ1) is 7.45. The van der Waals surface area contributed by atoms with Gasteiger partial charge < -0.3 is 0 Å². The first-order valence-electron chi connectivity index (χ1n) is 6.42. The van der Waals surface area contributed by atoms with Crippen LogP contribution in [0.4, 0.5) is 0 Å². The van der Waals surface area contributed by atoms with Crippen molar-refractivity contribution in [3.63, 3.8) is 0 Å². The van der Waals surface area contributed by atoms with Gasteiger partial charge in [-0.05, 0) is 73.6 Å². The smallest absolute Gasteiger partial charge is 0.00872 e. The summed E-state index contributed by atoms with van der Waals surface area (Å²) >= 11 is 0. The van der Waals surface area contributed by atoms with E-state index in [2.05, 4.69) is 18.6 Å². The average molecular weight is 199 g/mol. The van der Waals surface area contributed by atoms with E-state index in [1.54, 1.807) is 22.3 Å². The SMILES string of the molecule is [CH]1CCCc2ccc3c(c21)CCCCC3. The number of hydrogen-bond acceptors (Lipinski definition) is 0. The van der Waals surface area contributed by atoms with E-state index >= 15 is 0 Å². The summed E-state index contributed by atoms with van der Waals surface area (Å²) in [7, 11) is 0. The molecular weight excluding hydrogens is 180 g/mol. The molecular formula is C15H19. The van der Waals surface area contributed by atoms with Gasteiger partial charge in [0.15, 0.2) is 0 Å². The van der Waals surface area contributed by atoms with Crippen molar-refractivity contribution in [1.82, 2.24) is 0 Å². The van der Waals surface area contributed by atoms with Crippen molar-refractivity contribution >= 4 is 0 Å². The van der Waals surface area contributed by atoms with Crippen molar-refractivity contribution in [2.45, 2.75) is 51.4 Å². The number of benzene rings is 1. The van der Waals surface area contributed by atoms with Gasteiger partial charge in [0.25, 0.3) is 0 Å². The summed E-state index contributed by atoms with van der Waals surface area (Å²) in [6.45, 7) is 0. The molecule has 2 aliphatic carbocycles. The molecule has 0 saturated carbocycles. The number of rotatable bonds is 0. The second-order valence-electron chi connectivity index (χ2n) is 4.93. The molecule has 0 saturated heterocycles. The van der Waals surface area contributed by atoms with Gasteiger partial charge >= 0.3 is 0 Å². The Morgan fingerprint density at radius 3 is 2.53 bits per heavy atom. The third-order valence-electron chi connectivity index (χ3n) is 3.92. The van der Waals surface area contributed by atoms with Crippen LogP contribution >= 0.6 is 0 Å². The topological polar surface area (TPSA) is 0 Å². The molecule has 15 heavy (non-hydrogen) atoms. The van der Waals surface area contributed by atoms with Gasteiger partial charge in [-0.2, -0.15) is 0 Å². The molecule has 2 aliphatic rings. The molecule has 0 unspecified atom stereocenters. The minimum atomic E-state index is 1.30. The van der Waals surface area contributed by atoms with E-state index < -0.39 is 0 Å². The molecule has 1 radical (unpaired) electrons. The third-order valence-corrected chi connectivity index (χ3v) is 3.92. The third kappa shape index (κ3) is 1.71. The maximum Gasteiger partial charge on any atom is -0.00872 e. The number of hydrogen-bond donors (Lipinski definition) is 0. The largest absolute Gasteiger partial charge is 0.0585 e. The summed E-state index contributed by atoms with van der Waals surface area (Å²) < 4.78 is 0. The normalized spacial score (nSPS) is 20.3. The molecule has 0 fully saturated rings. The Morgan fingerprint density at radius 2 is 1.53 bits per heavy atom. The molecule has 0 atom stereocenters. The molecule has 0 aliphatic heterocycles. The summed E-state index contributed by atoms with van der Waals surface area (Å²) in [4.78, 5) is 0. The Labute approximate surface area is 92.7 Å². The van der Waals surface area contributed by atoms with Crippen molar-refractivity contribution < 1.29 is 0 Å². The summed E-state index contributed by atoms with van der Waals surface area (Å²) in [5.74, 6) is 0. The van der Waals surface area contributed by atoms with E-state index in [0.717, 1.165) is 0 Å². The highest BCUT2D eigenvalue weighted by Gasteiger charge is 2.17. The molecule has 1 aromatic carbocycles. The molecule has 1 aromatic rings. The monoisotopic (exact) mass is 199 g/mol. The molecule has 0 heterocycles. The lowest BCUT2D eigenvalue weighted by molar-refractivity contribution is 0.709. The van der Waals surface area contributed by atoms with Gasteiger partial charge in [0.2, 0.25) is 0 Å². The quantitative estimate of drug-likeness (QED) is 0.557. The van der Waals surface area contributed by atoms with Crippen LogP contribution < -0.4 is 0 Å². The first-order valence-corrected chi connectivity index (χ1v) is 6.42. The van der Waals surface area contributed by atoms with Gasteiger partial charge in [-0.1, -0.05) is 18.6 Å². The van der Waals surface area contributed by atoms with Crippen LogP contribution in [0.15, 0.2) is 12.1 Å². The number of aryl methyl sites for hydroxylation is 2. The predicted octanol–water partition coefficient (Wildman–Crippen LogP) is 3.84. The van der Waals surface area contributed by atoms with Crippen molar-refractivity contribution in [3.05, 3.63) is 40.8 Å². The zero-order valence-corrected chi connectivity index (χ0v) is 9.39. The van der Waals surface area contributed by atoms with Crippen LogP contribution in [0.2, 0.25) is 0 Å². The Balaban J connectivity index is 2.08. The molecule has 0 aromatic heterocycles. The van der Waals surface area contributed by atoms with Gasteiger partial charge in [0.1, 0.15) is 0 Å². The van der Waals surface area contributed by atoms with Gasteiger partial charge in [-0.25, -0.2) is 0 Å². The highest BCUT2D eigenvalue weighted by molar-refractivity contribution is 5.47. The van der Waals surface area contributed by atoms with E-state index in [9.17, 15) is 0 Å². The van der Waals surface area contributed by atoms with E-state index in [-0.39, 0.29) is 0 Å². The second kappa shape index (κ2) is 4.00. The summed E-state index contributed by atoms with van der Waals surface area (Å²) in [6, 6.07) is 4.79. The fourth-order valence-corrected chi connectivity index (χ4v) is 3.09. The molecule has 79 valence electrons. The second-order valence-corrected chi connectivity index (χ2v) is 4.93. The molecule has 3 rings (SSSR count). The van der Waals surface area contributed by atoms with Crippen LogP contribution in [0.3, 0.4) is 0 Å². The standard InChI is InChI=1S/C15H19/c1-2-6-12-10-11-13-7-4-5-9-15(13)14(12)8-3-1/h9-11H,1-8H2. The fraction of sp³-hybridized carbons (Fsp3) is 0.533. The highest BCUT2D eigenvalue weighted by Crippen LogP contribution is 2.31. The van der Waals surface area contributed by atoms with Crippen LogP contribution in [-0.4, -0.2) is 0 Å². The van der Waals surface area contributed by atoms with Crippen LogP contribution in [0.25, 0.3) is 0 Å². The number of fused-ring (bicyclic) bond motifs is 3. The van der Waals surface area contributed by atoms with Gasteiger partial charge in [0, 0.05) is 0 Å². The van der Waals surface area contributed by atoms with E-state index in [0.29, 0.717) is 0 Å². The molecule has 0 amide bonds. The molecule has 0 heteroatoms. The minimum Gasteiger partial charge on any atom is -0.0585 e. The average Bonchev–Trinajstić information content (AvgIpc) is 2.54. The lowest BCUT2D eigenvalue weighted by Gasteiger charge is -2.21. The van der Waals surface area contributed by atoms with Crippen molar-refractivity contribution in [2.75, 3.05) is 0 Å². The van der Waals surface area contributed by atoms with E-state index in [1.807, 2.05) is 0 Å². The van der Waals surface area contributed by atoms with Gasteiger partial charge in [-0.15, -0.1) is 0 Å². The van der Waals surface area contributed by atoms with E-state index in [1.165, 1.54) is 51.4 Å². The van der Waals surface area contributed by atoms with Crippen LogP contribution in [0, 0.1) is 6.42 Å². The maximum atomic E-state index is 2.49.